The lowest BCUT2D eigenvalue weighted by Gasteiger charge is -2.09. The Hall–Kier alpha value is -3.72. The first-order chi connectivity index (χ1) is 12.7. The Kier molecular flexibility index (Phi) is 5.20. The van der Waals surface area contributed by atoms with Gasteiger partial charge in [-0.1, -0.05) is 18.2 Å². The quantitative estimate of drug-likeness (QED) is 0.649. The maximum Gasteiger partial charge on any atom is 0.371 e. The van der Waals surface area contributed by atoms with E-state index < -0.39 is 5.97 Å². The molecule has 0 saturated carbocycles. The van der Waals surface area contributed by atoms with Gasteiger partial charge >= 0.3 is 5.97 Å². The SMILES string of the molecule is N#Cc1cc(OCCOc2ccccc2)cc(-c2ccc(C(=O)O)o2)c1. The summed E-state index contributed by atoms with van der Waals surface area (Å²) >= 11 is 0. The monoisotopic (exact) mass is 349 g/mol. The second-order valence-corrected chi connectivity index (χ2v) is 5.34. The number of carbonyl (C=O) groups is 1. The number of hydrogen-bond donors (Lipinski definition) is 1. The molecule has 0 aliphatic carbocycles. The van der Waals surface area contributed by atoms with Crippen LogP contribution in [0.5, 0.6) is 11.5 Å². The largest absolute Gasteiger partial charge is 0.490 e. The van der Waals surface area contributed by atoms with Crippen LogP contribution in [-0.2, 0) is 0 Å². The molecule has 3 aromatic rings. The lowest BCUT2D eigenvalue weighted by atomic mass is 10.1. The highest BCUT2D eigenvalue weighted by Crippen LogP contribution is 2.28. The first-order valence-corrected chi connectivity index (χ1v) is 7.85. The van der Waals surface area contributed by atoms with E-state index in [1.807, 2.05) is 30.3 Å². The Balaban J connectivity index is 1.69. The van der Waals surface area contributed by atoms with Gasteiger partial charge in [-0.25, -0.2) is 4.79 Å². The minimum Gasteiger partial charge on any atom is -0.490 e. The third-order valence-electron chi connectivity index (χ3n) is 3.50. The molecule has 6 heteroatoms. The number of aromatic carboxylic acids is 1. The minimum absolute atomic E-state index is 0.166. The summed E-state index contributed by atoms with van der Waals surface area (Å²) in [6.45, 7) is 0.641. The molecule has 2 aromatic carbocycles. The van der Waals surface area contributed by atoms with Crippen molar-refractivity contribution in [2.75, 3.05) is 13.2 Å². The lowest BCUT2D eigenvalue weighted by molar-refractivity contribution is 0.0663. The standard InChI is InChI=1S/C20H15NO5/c21-13-14-10-15(18-6-7-19(26-18)20(22)23)12-17(11-14)25-9-8-24-16-4-2-1-3-5-16/h1-7,10-12H,8-9H2,(H,22,23). The van der Waals surface area contributed by atoms with Crippen LogP contribution in [0.4, 0.5) is 0 Å². The number of ether oxygens (including phenoxy) is 2. The number of nitriles is 1. The minimum atomic E-state index is -1.15. The van der Waals surface area contributed by atoms with Crippen LogP contribution in [0.3, 0.4) is 0 Å². The number of para-hydroxylation sites is 1. The third-order valence-corrected chi connectivity index (χ3v) is 3.50. The molecule has 0 fully saturated rings. The van der Waals surface area contributed by atoms with E-state index in [2.05, 4.69) is 6.07 Å². The molecule has 6 nitrogen and oxygen atoms in total. The summed E-state index contributed by atoms with van der Waals surface area (Å²) in [5.41, 5.74) is 0.949. The number of carboxylic acid groups (broad SMARTS) is 1. The van der Waals surface area contributed by atoms with Gasteiger partial charge in [0, 0.05) is 5.56 Å². The van der Waals surface area contributed by atoms with Crippen LogP contribution in [0.1, 0.15) is 16.1 Å². The molecular formula is C20H15NO5. The summed E-state index contributed by atoms with van der Waals surface area (Å²) in [6.07, 6.45) is 0. The number of carboxylic acids is 1. The summed E-state index contributed by atoms with van der Waals surface area (Å²) in [4.78, 5) is 10.9. The van der Waals surface area contributed by atoms with Crippen LogP contribution < -0.4 is 9.47 Å². The maximum atomic E-state index is 10.9. The number of hydrogen-bond acceptors (Lipinski definition) is 5. The van der Waals surface area contributed by atoms with E-state index in [4.69, 9.17) is 19.0 Å². The predicted molar refractivity (Wildman–Crippen MR) is 93.3 cm³/mol. The summed E-state index contributed by atoms with van der Waals surface area (Å²) < 4.78 is 16.5. The van der Waals surface area contributed by atoms with Crippen molar-refractivity contribution in [2.24, 2.45) is 0 Å². The second-order valence-electron chi connectivity index (χ2n) is 5.34. The highest BCUT2D eigenvalue weighted by atomic mass is 16.5. The smallest absolute Gasteiger partial charge is 0.371 e. The Morgan fingerprint density at radius 3 is 2.38 bits per heavy atom. The van der Waals surface area contributed by atoms with Crippen molar-refractivity contribution >= 4 is 5.97 Å². The van der Waals surface area contributed by atoms with Gasteiger partial charge in [0.15, 0.2) is 0 Å². The molecule has 0 atom stereocenters. The predicted octanol–water partition coefficient (Wildman–Crippen LogP) is 3.97. The Labute approximate surface area is 149 Å². The van der Waals surface area contributed by atoms with Crippen molar-refractivity contribution in [3.05, 3.63) is 72.0 Å². The Bertz CT molecular complexity index is 940. The Morgan fingerprint density at radius 1 is 1.00 bits per heavy atom. The van der Waals surface area contributed by atoms with Crippen molar-refractivity contribution < 1.29 is 23.8 Å². The van der Waals surface area contributed by atoms with Crippen molar-refractivity contribution in [2.45, 2.75) is 0 Å². The molecule has 26 heavy (non-hydrogen) atoms. The van der Waals surface area contributed by atoms with E-state index in [1.54, 1.807) is 24.3 Å². The average Bonchev–Trinajstić information content (AvgIpc) is 3.16. The fourth-order valence-electron chi connectivity index (χ4n) is 2.33. The fourth-order valence-corrected chi connectivity index (χ4v) is 2.33. The van der Waals surface area contributed by atoms with Crippen LogP contribution in [-0.4, -0.2) is 24.3 Å². The number of rotatable bonds is 7. The maximum absolute atomic E-state index is 10.9. The average molecular weight is 349 g/mol. The molecule has 130 valence electrons. The molecule has 0 aliphatic rings. The van der Waals surface area contributed by atoms with E-state index in [1.165, 1.54) is 6.07 Å². The molecule has 0 radical (unpaired) electrons. The van der Waals surface area contributed by atoms with Gasteiger partial charge in [0.25, 0.3) is 0 Å². The van der Waals surface area contributed by atoms with Crippen LogP contribution in [0.25, 0.3) is 11.3 Å². The summed E-state index contributed by atoms with van der Waals surface area (Å²) in [5, 5.41) is 18.1. The highest BCUT2D eigenvalue weighted by Gasteiger charge is 2.12. The van der Waals surface area contributed by atoms with E-state index >= 15 is 0 Å². The summed E-state index contributed by atoms with van der Waals surface area (Å²) in [6, 6.07) is 19.2. The highest BCUT2D eigenvalue weighted by molar-refractivity contribution is 5.85. The summed E-state index contributed by atoms with van der Waals surface area (Å²) in [5.74, 6) is 0.261. The van der Waals surface area contributed by atoms with Gasteiger partial charge in [0.2, 0.25) is 5.76 Å². The lowest BCUT2D eigenvalue weighted by Crippen LogP contribution is -2.09. The van der Waals surface area contributed by atoms with Gasteiger partial charge in [-0.15, -0.1) is 0 Å². The van der Waals surface area contributed by atoms with Gasteiger partial charge in [-0.2, -0.15) is 5.26 Å². The van der Waals surface area contributed by atoms with Crippen molar-refractivity contribution in [1.29, 1.82) is 5.26 Å². The normalized spacial score (nSPS) is 10.1. The van der Waals surface area contributed by atoms with Gasteiger partial charge < -0.3 is 19.0 Å². The van der Waals surface area contributed by atoms with Crippen LogP contribution in [0.2, 0.25) is 0 Å². The topological polar surface area (TPSA) is 92.7 Å². The molecule has 1 N–H and O–H groups in total. The van der Waals surface area contributed by atoms with Crippen LogP contribution >= 0.6 is 0 Å². The molecular weight excluding hydrogens is 334 g/mol. The molecule has 0 spiro atoms. The first-order valence-electron chi connectivity index (χ1n) is 7.85. The van der Waals surface area contributed by atoms with E-state index in [0.29, 0.717) is 35.9 Å². The molecule has 0 bridgehead atoms. The van der Waals surface area contributed by atoms with E-state index in [-0.39, 0.29) is 5.76 Å². The molecule has 0 saturated heterocycles. The molecule has 3 rings (SSSR count). The van der Waals surface area contributed by atoms with E-state index in [9.17, 15) is 10.1 Å². The Morgan fingerprint density at radius 2 is 1.73 bits per heavy atom. The van der Waals surface area contributed by atoms with Gasteiger partial charge in [-0.05, 0) is 42.5 Å². The number of benzene rings is 2. The van der Waals surface area contributed by atoms with Gasteiger partial charge in [0.1, 0.15) is 30.5 Å². The van der Waals surface area contributed by atoms with E-state index in [0.717, 1.165) is 5.75 Å². The van der Waals surface area contributed by atoms with Crippen molar-refractivity contribution in [1.82, 2.24) is 0 Å². The van der Waals surface area contributed by atoms with Crippen molar-refractivity contribution in [3.8, 4) is 28.9 Å². The van der Waals surface area contributed by atoms with Crippen LogP contribution in [0.15, 0.2) is 65.1 Å². The molecule has 0 amide bonds. The number of furan rings is 1. The first kappa shape index (κ1) is 17.1. The van der Waals surface area contributed by atoms with Crippen LogP contribution in [0, 0.1) is 11.3 Å². The second kappa shape index (κ2) is 7.90. The summed E-state index contributed by atoms with van der Waals surface area (Å²) in [7, 11) is 0. The molecule has 1 heterocycles. The molecule has 0 aliphatic heterocycles. The zero-order valence-corrected chi connectivity index (χ0v) is 13.7. The molecule has 1 aromatic heterocycles. The van der Waals surface area contributed by atoms with Crippen molar-refractivity contribution in [3.63, 3.8) is 0 Å². The fraction of sp³-hybridized carbons (Fsp3) is 0.100. The zero-order chi connectivity index (χ0) is 18.4. The number of nitrogens with zero attached hydrogens (tertiary/aromatic N) is 1. The van der Waals surface area contributed by atoms with Gasteiger partial charge in [0.05, 0.1) is 11.6 Å². The third kappa shape index (κ3) is 4.22. The molecule has 0 unspecified atom stereocenters. The van der Waals surface area contributed by atoms with Gasteiger partial charge in [-0.3, -0.25) is 0 Å². The zero-order valence-electron chi connectivity index (χ0n) is 13.7.